The van der Waals surface area contributed by atoms with Crippen LogP contribution in [0, 0.1) is 12.8 Å². The van der Waals surface area contributed by atoms with E-state index in [0.29, 0.717) is 18.4 Å². The number of rotatable bonds is 3. The van der Waals surface area contributed by atoms with Crippen molar-refractivity contribution >= 4 is 11.6 Å². The highest BCUT2D eigenvalue weighted by molar-refractivity contribution is 5.45. The fraction of sp³-hybridized carbons (Fsp3) is 0.600. The zero-order chi connectivity index (χ0) is 14.2. The number of nitrogens with one attached hydrogen (secondary N) is 1. The summed E-state index contributed by atoms with van der Waals surface area (Å²) < 4.78 is 1.83. The Balaban J connectivity index is 1.90. The Kier molecular flexibility index (Phi) is 3.38. The van der Waals surface area contributed by atoms with E-state index in [2.05, 4.69) is 35.3 Å². The molecule has 0 aliphatic heterocycles. The van der Waals surface area contributed by atoms with Gasteiger partial charge in [-0.05, 0) is 37.3 Å². The van der Waals surface area contributed by atoms with Crippen LogP contribution in [0.3, 0.4) is 0 Å². The Labute approximate surface area is 119 Å². The lowest BCUT2D eigenvalue weighted by atomic mass is 9.73. The summed E-state index contributed by atoms with van der Waals surface area (Å²) in [6.07, 6.45) is 6.83. The zero-order valence-electron chi connectivity index (χ0n) is 12.3. The molecule has 1 saturated carbocycles. The summed E-state index contributed by atoms with van der Waals surface area (Å²) in [6, 6.07) is 4.04. The van der Waals surface area contributed by atoms with Crippen molar-refractivity contribution in [2.45, 2.75) is 45.1 Å². The van der Waals surface area contributed by atoms with Crippen molar-refractivity contribution in [1.82, 2.24) is 14.6 Å². The van der Waals surface area contributed by atoms with Gasteiger partial charge in [-0.1, -0.05) is 25.8 Å². The van der Waals surface area contributed by atoms with E-state index in [1.165, 1.54) is 24.8 Å². The maximum absolute atomic E-state index is 6.07. The Morgan fingerprint density at radius 3 is 3.05 bits per heavy atom. The standard InChI is InChI=1S/C15H23N5/c1-11-6-7-13-17-14(19-20(13)9-11)18-15(10-16)8-4-3-5-12(15)2/h6-7,9,12H,3-5,8,10,16H2,1-2H3,(H,18,19). The average molecular weight is 273 g/mol. The zero-order valence-corrected chi connectivity index (χ0v) is 12.3. The van der Waals surface area contributed by atoms with E-state index in [9.17, 15) is 0 Å². The van der Waals surface area contributed by atoms with Crippen LogP contribution in [0.25, 0.3) is 5.65 Å². The van der Waals surface area contributed by atoms with Crippen molar-refractivity contribution in [2.24, 2.45) is 11.7 Å². The van der Waals surface area contributed by atoms with Gasteiger partial charge in [0.1, 0.15) is 0 Å². The molecule has 0 radical (unpaired) electrons. The van der Waals surface area contributed by atoms with E-state index >= 15 is 0 Å². The predicted molar refractivity (Wildman–Crippen MR) is 80.8 cm³/mol. The molecule has 2 atom stereocenters. The van der Waals surface area contributed by atoms with Gasteiger partial charge >= 0.3 is 0 Å². The highest BCUT2D eigenvalue weighted by atomic mass is 15.4. The molecule has 0 bridgehead atoms. The van der Waals surface area contributed by atoms with Crippen molar-refractivity contribution < 1.29 is 0 Å². The molecule has 5 nitrogen and oxygen atoms in total. The van der Waals surface area contributed by atoms with Crippen LogP contribution < -0.4 is 11.1 Å². The van der Waals surface area contributed by atoms with E-state index in [-0.39, 0.29) is 5.54 Å². The SMILES string of the molecule is Cc1ccc2nc(NC3(CN)CCCCC3C)nn2c1. The lowest BCUT2D eigenvalue weighted by molar-refractivity contribution is 0.234. The Bertz CT molecular complexity index is 605. The molecule has 2 aromatic heterocycles. The normalized spacial score (nSPS) is 26.9. The minimum Gasteiger partial charge on any atom is -0.346 e. The fourth-order valence-electron chi connectivity index (χ4n) is 3.22. The average Bonchev–Trinajstić information content (AvgIpc) is 2.82. The van der Waals surface area contributed by atoms with Crippen LogP contribution in [-0.4, -0.2) is 26.7 Å². The van der Waals surface area contributed by atoms with E-state index in [1.807, 2.05) is 16.8 Å². The molecule has 3 N–H and O–H groups in total. The van der Waals surface area contributed by atoms with Crippen LogP contribution in [-0.2, 0) is 0 Å². The molecule has 0 spiro atoms. The highest BCUT2D eigenvalue weighted by Gasteiger charge is 2.37. The lowest BCUT2D eigenvalue weighted by Gasteiger charge is -2.42. The summed E-state index contributed by atoms with van der Waals surface area (Å²) in [4.78, 5) is 4.56. The third-order valence-electron chi connectivity index (χ3n) is 4.66. The quantitative estimate of drug-likeness (QED) is 0.901. The molecule has 20 heavy (non-hydrogen) atoms. The number of hydrogen-bond acceptors (Lipinski definition) is 4. The van der Waals surface area contributed by atoms with Gasteiger partial charge in [0.15, 0.2) is 5.65 Å². The summed E-state index contributed by atoms with van der Waals surface area (Å²) in [5, 5.41) is 8.07. The molecule has 2 heterocycles. The number of nitrogens with two attached hydrogens (primary N) is 1. The van der Waals surface area contributed by atoms with Gasteiger partial charge in [-0.2, -0.15) is 4.98 Å². The molecule has 108 valence electrons. The summed E-state index contributed by atoms with van der Waals surface area (Å²) in [5.41, 5.74) is 8.06. The number of nitrogens with zero attached hydrogens (tertiary/aromatic N) is 3. The van der Waals surface area contributed by atoms with Gasteiger partial charge in [-0.15, -0.1) is 5.10 Å². The van der Waals surface area contributed by atoms with Crippen molar-refractivity contribution in [2.75, 3.05) is 11.9 Å². The first-order chi connectivity index (χ1) is 9.63. The minimum atomic E-state index is -0.0573. The first kappa shape index (κ1) is 13.4. The number of fused-ring (bicyclic) bond motifs is 1. The first-order valence-electron chi connectivity index (χ1n) is 7.44. The molecule has 1 fully saturated rings. The second-order valence-electron chi connectivity index (χ2n) is 6.08. The molecular weight excluding hydrogens is 250 g/mol. The van der Waals surface area contributed by atoms with Gasteiger partial charge in [0.05, 0.1) is 5.54 Å². The summed E-state index contributed by atoms with van der Waals surface area (Å²) in [6.45, 7) is 4.96. The smallest absolute Gasteiger partial charge is 0.243 e. The van der Waals surface area contributed by atoms with Gasteiger partial charge < -0.3 is 11.1 Å². The molecule has 0 aromatic carbocycles. The van der Waals surface area contributed by atoms with Crippen LogP contribution in [0.5, 0.6) is 0 Å². The van der Waals surface area contributed by atoms with E-state index in [1.54, 1.807) is 0 Å². The van der Waals surface area contributed by atoms with Gasteiger partial charge in [0, 0.05) is 12.7 Å². The van der Waals surface area contributed by atoms with Crippen LogP contribution >= 0.6 is 0 Å². The second kappa shape index (κ2) is 5.05. The largest absolute Gasteiger partial charge is 0.346 e. The maximum atomic E-state index is 6.07. The Hall–Kier alpha value is -1.62. The third kappa shape index (κ3) is 2.26. The Morgan fingerprint density at radius 2 is 2.30 bits per heavy atom. The van der Waals surface area contributed by atoms with Crippen LogP contribution in [0.4, 0.5) is 5.95 Å². The second-order valence-corrected chi connectivity index (χ2v) is 6.08. The lowest BCUT2D eigenvalue weighted by Crippen LogP contribution is -2.52. The van der Waals surface area contributed by atoms with Crippen molar-refractivity contribution in [1.29, 1.82) is 0 Å². The van der Waals surface area contributed by atoms with E-state index in [0.717, 1.165) is 12.1 Å². The molecular formula is C15H23N5. The molecule has 3 rings (SSSR count). The van der Waals surface area contributed by atoms with Crippen LogP contribution in [0.2, 0.25) is 0 Å². The monoisotopic (exact) mass is 273 g/mol. The number of aromatic nitrogens is 3. The number of anilines is 1. The minimum absolute atomic E-state index is 0.0573. The molecule has 1 aliphatic carbocycles. The predicted octanol–water partition coefficient (Wildman–Crippen LogP) is 2.36. The topological polar surface area (TPSA) is 68.2 Å². The Morgan fingerprint density at radius 1 is 1.45 bits per heavy atom. The van der Waals surface area contributed by atoms with Crippen LogP contribution in [0.15, 0.2) is 18.3 Å². The highest BCUT2D eigenvalue weighted by Crippen LogP contribution is 2.35. The number of aryl methyl sites for hydroxylation is 1. The van der Waals surface area contributed by atoms with E-state index < -0.39 is 0 Å². The van der Waals surface area contributed by atoms with E-state index in [4.69, 9.17) is 5.73 Å². The van der Waals surface area contributed by atoms with Gasteiger partial charge in [-0.25, -0.2) is 4.52 Å². The van der Waals surface area contributed by atoms with Gasteiger partial charge in [0.2, 0.25) is 5.95 Å². The van der Waals surface area contributed by atoms with Gasteiger partial charge in [-0.3, -0.25) is 0 Å². The summed E-state index contributed by atoms with van der Waals surface area (Å²) in [7, 11) is 0. The first-order valence-corrected chi connectivity index (χ1v) is 7.44. The number of pyridine rings is 1. The summed E-state index contributed by atoms with van der Waals surface area (Å²) >= 11 is 0. The van der Waals surface area contributed by atoms with Crippen molar-refractivity contribution in [3.05, 3.63) is 23.9 Å². The van der Waals surface area contributed by atoms with Crippen molar-refractivity contribution in [3.63, 3.8) is 0 Å². The third-order valence-corrected chi connectivity index (χ3v) is 4.66. The van der Waals surface area contributed by atoms with Crippen LogP contribution in [0.1, 0.15) is 38.2 Å². The number of hydrogen-bond donors (Lipinski definition) is 2. The molecule has 5 heteroatoms. The molecule has 0 amide bonds. The molecule has 1 aliphatic rings. The van der Waals surface area contributed by atoms with Crippen molar-refractivity contribution in [3.8, 4) is 0 Å². The maximum Gasteiger partial charge on any atom is 0.243 e. The molecule has 2 aromatic rings. The summed E-state index contributed by atoms with van der Waals surface area (Å²) in [5.74, 6) is 1.24. The molecule has 2 unspecified atom stereocenters. The fourth-order valence-corrected chi connectivity index (χ4v) is 3.22. The van der Waals surface area contributed by atoms with Gasteiger partial charge in [0.25, 0.3) is 0 Å². The molecule has 0 saturated heterocycles.